The zero-order valence-electron chi connectivity index (χ0n) is 5.83. The maximum atomic E-state index is 5.52. The largest absolute Gasteiger partial charge is 0.396 e. The second kappa shape index (κ2) is 2.51. The van der Waals surface area contributed by atoms with Crippen molar-refractivity contribution in [1.82, 2.24) is 9.97 Å². The molecule has 1 heterocycles. The zero-order valence-corrected chi connectivity index (χ0v) is 5.83. The lowest BCUT2D eigenvalue weighted by Gasteiger charge is -1.99. The van der Waals surface area contributed by atoms with Gasteiger partial charge in [0.2, 0.25) is 5.95 Å². The van der Waals surface area contributed by atoms with Gasteiger partial charge in [-0.05, 0) is 6.42 Å². The van der Waals surface area contributed by atoms with Gasteiger partial charge in [-0.2, -0.15) is 0 Å². The molecule has 0 saturated carbocycles. The first-order valence-electron chi connectivity index (χ1n) is 3.11. The standard InChI is InChI=1S/C6H10N4/c1-2-5-4(7)3-9-6(8)10-5/h3H,2,7H2,1H3,(H2,8,9,10). The number of hydrogen-bond acceptors (Lipinski definition) is 4. The summed E-state index contributed by atoms with van der Waals surface area (Å²) < 4.78 is 0. The van der Waals surface area contributed by atoms with E-state index in [4.69, 9.17) is 11.5 Å². The van der Waals surface area contributed by atoms with E-state index in [0.29, 0.717) is 5.69 Å². The molecule has 0 aromatic carbocycles. The Hall–Kier alpha value is -1.32. The molecule has 1 aromatic rings. The van der Waals surface area contributed by atoms with Gasteiger partial charge in [0.25, 0.3) is 0 Å². The van der Waals surface area contributed by atoms with Crippen molar-refractivity contribution in [3.63, 3.8) is 0 Å². The summed E-state index contributed by atoms with van der Waals surface area (Å²) >= 11 is 0. The van der Waals surface area contributed by atoms with Crippen LogP contribution in [-0.2, 0) is 6.42 Å². The van der Waals surface area contributed by atoms with Gasteiger partial charge in [0.05, 0.1) is 17.6 Å². The van der Waals surface area contributed by atoms with E-state index in [1.807, 2.05) is 6.92 Å². The van der Waals surface area contributed by atoms with Crippen molar-refractivity contribution in [2.45, 2.75) is 13.3 Å². The Morgan fingerprint density at radius 1 is 1.50 bits per heavy atom. The smallest absolute Gasteiger partial charge is 0.220 e. The summed E-state index contributed by atoms with van der Waals surface area (Å²) in [5.74, 6) is 0.283. The van der Waals surface area contributed by atoms with E-state index < -0.39 is 0 Å². The van der Waals surface area contributed by atoms with Gasteiger partial charge in [-0.25, -0.2) is 9.97 Å². The van der Waals surface area contributed by atoms with Crippen LogP contribution in [0, 0.1) is 0 Å². The molecule has 0 bridgehead atoms. The highest BCUT2D eigenvalue weighted by Crippen LogP contribution is 2.07. The Labute approximate surface area is 59.3 Å². The Morgan fingerprint density at radius 3 is 2.70 bits per heavy atom. The number of nitrogens with zero attached hydrogens (tertiary/aromatic N) is 2. The Kier molecular flexibility index (Phi) is 1.71. The number of hydrogen-bond donors (Lipinski definition) is 2. The van der Waals surface area contributed by atoms with Crippen LogP contribution in [0.15, 0.2) is 6.20 Å². The predicted molar refractivity (Wildman–Crippen MR) is 40.2 cm³/mol. The van der Waals surface area contributed by atoms with E-state index in [-0.39, 0.29) is 5.95 Å². The summed E-state index contributed by atoms with van der Waals surface area (Å²) in [6.45, 7) is 1.97. The average Bonchev–Trinajstić information content (AvgIpc) is 1.94. The molecular weight excluding hydrogens is 128 g/mol. The molecule has 4 heteroatoms. The van der Waals surface area contributed by atoms with E-state index in [1.165, 1.54) is 6.20 Å². The number of aromatic nitrogens is 2. The molecule has 1 aromatic heterocycles. The molecule has 10 heavy (non-hydrogen) atoms. The number of anilines is 2. The average molecular weight is 138 g/mol. The summed E-state index contributed by atoms with van der Waals surface area (Å²) in [6.07, 6.45) is 2.32. The fraction of sp³-hybridized carbons (Fsp3) is 0.333. The molecule has 0 spiro atoms. The maximum absolute atomic E-state index is 5.52. The first-order chi connectivity index (χ1) is 4.74. The van der Waals surface area contributed by atoms with Crippen LogP contribution in [0.4, 0.5) is 11.6 Å². The fourth-order valence-electron chi connectivity index (χ4n) is 0.725. The van der Waals surface area contributed by atoms with Crippen LogP contribution in [0.3, 0.4) is 0 Å². The van der Waals surface area contributed by atoms with Gasteiger partial charge in [-0.1, -0.05) is 6.92 Å². The SMILES string of the molecule is CCc1nc(N)ncc1N. The predicted octanol–water partition coefficient (Wildman–Crippen LogP) is 0.203. The minimum Gasteiger partial charge on any atom is -0.396 e. The molecule has 0 saturated heterocycles. The van der Waals surface area contributed by atoms with Gasteiger partial charge in [0, 0.05) is 0 Å². The summed E-state index contributed by atoms with van der Waals surface area (Å²) in [5.41, 5.74) is 12.3. The molecule has 0 radical (unpaired) electrons. The molecule has 0 fully saturated rings. The van der Waals surface area contributed by atoms with Gasteiger partial charge in [-0.15, -0.1) is 0 Å². The molecule has 54 valence electrons. The summed E-state index contributed by atoms with van der Waals surface area (Å²) in [5, 5.41) is 0. The quantitative estimate of drug-likeness (QED) is 0.581. The van der Waals surface area contributed by atoms with Crippen molar-refractivity contribution in [3.05, 3.63) is 11.9 Å². The van der Waals surface area contributed by atoms with Crippen LogP contribution < -0.4 is 11.5 Å². The number of nitrogen functional groups attached to an aromatic ring is 2. The van der Waals surface area contributed by atoms with Crippen molar-refractivity contribution in [2.24, 2.45) is 0 Å². The molecule has 4 N–H and O–H groups in total. The number of nitrogens with two attached hydrogens (primary N) is 2. The molecule has 0 amide bonds. The zero-order chi connectivity index (χ0) is 7.56. The topological polar surface area (TPSA) is 77.8 Å². The molecule has 1 rings (SSSR count). The molecule has 0 atom stereocenters. The van der Waals surface area contributed by atoms with Crippen molar-refractivity contribution >= 4 is 11.6 Å². The third-order valence-corrected chi connectivity index (χ3v) is 1.25. The summed E-state index contributed by atoms with van der Waals surface area (Å²) in [7, 11) is 0. The van der Waals surface area contributed by atoms with Crippen LogP contribution in [0.5, 0.6) is 0 Å². The van der Waals surface area contributed by atoms with E-state index >= 15 is 0 Å². The van der Waals surface area contributed by atoms with Crippen LogP contribution in [0.2, 0.25) is 0 Å². The lowest BCUT2D eigenvalue weighted by molar-refractivity contribution is 1.02. The maximum Gasteiger partial charge on any atom is 0.220 e. The van der Waals surface area contributed by atoms with E-state index in [1.54, 1.807) is 0 Å². The fourth-order valence-corrected chi connectivity index (χ4v) is 0.725. The Morgan fingerprint density at radius 2 is 2.20 bits per heavy atom. The highest BCUT2D eigenvalue weighted by atomic mass is 15.0. The van der Waals surface area contributed by atoms with Crippen LogP contribution in [0.1, 0.15) is 12.6 Å². The second-order valence-corrected chi connectivity index (χ2v) is 1.98. The number of aryl methyl sites for hydroxylation is 1. The van der Waals surface area contributed by atoms with Gasteiger partial charge >= 0.3 is 0 Å². The molecular formula is C6H10N4. The van der Waals surface area contributed by atoms with Gasteiger partial charge < -0.3 is 11.5 Å². The second-order valence-electron chi connectivity index (χ2n) is 1.98. The molecule has 0 unspecified atom stereocenters. The molecule has 4 nitrogen and oxygen atoms in total. The minimum absolute atomic E-state index is 0.283. The van der Waals surface area contributed by atoms with Crippen molar-refractivity contribution in [1.29, 1.82) is 0 Å². The van der Waals surface area contributed by atoms with Gasteiger partial charge in [0.1, 0.15) is 0 Å². The monoisotopic (exact) mass is 138 g/mol. The van der Waals surface area contributed by atoms with Crippen molar-refractivity contribution in [2.75, 3.05) is 11.5 Å². The third-order valence-electron chi connectivity index (χ3n) is 1.25. The Bertz CT molecular complexity index is 233. The van der Waals surface area contributed by atoms with Gasteiger partial charge in [-0.3, -0.25) is 0 Å². The van der Waals surface area contributed by atoms with E-state index in [9.17, 15) is 0 Å². The normalized spacial score (nSPS) is 9.70. The summed E-state index contributed by atoms with van der Waals surface area (Å²) in [6, 6.07) is 0. The molecule has 0 aliphatic heterocycles. The van der Waals surface area contributed by atoms with Crippen molar-refractivity contribution < 1.29 is 0 Å². The van der Waals surface area contributed by atoms with Crippen LogP contribution in [0.25, 0.3) is 0 Å². The summed E-state index contributed by atoms with van der Waals surface area (Å²) in [4.78, 5) is 7.66. The highest BCUT2D eigenvalue weighted by Gasteiger charge is 1.97. The van der Waals surface area contributed by atoms with E-state index in [0.717, 1.165) is 12.1 Å². The number of rotatable bonds is 1. The van der Waals surface area contributed by atoms with Crippen LogP contribution >= 0.6 is 0 Å². The van der Waals surface area contributed by atoms with Crippen LogP contribution in [-0.4, -0.2) is 9.97 Å². The molecule has 0 aliphatic carbocycles. The first kappa shape index (κ1) is 6.80. The highest BCUT2D eigenvalue weighted by molar-refractivity contribution is 5.42. The lowest BCUT2D eigenvalue weighted by Crippen LogP contribution is -2.02. The Balaban J connectivity index is 3.09. The first-order valence-corrected chi connectivity index (χ1v) is 3.11. The minimum atomic E-state index is 0.283. The van der Waals surface area contributed by atoms with Gasteiger partial charge in [0.15, 0.2) is 0 Å². The van der Waals surface area contributed by atoms with Crippen molar-refractivity contribution in [3.8, 4) is 0 Å². The third kappa shape index (κ3) is 1.15. The van der Waals surface area contributed by atoms with E-state index in [2.05, 4.69) is 9.97 Å². The lowest BCUT2D eigenvalue weighted by atomic mass is 10.3. The molecule has 0 aliphatic rings.